The van der Waals surface area contributed by atoms with E-state index in [1.54, 1.807) is 26.4 Å². The number of carbonyl (C=O) groups is 1. The van der Waals surface area contributed by atoms with Crippen molar-refractivity contribution in [1.82, 2.24) is 5.32 Å². The molecular formula is C17H25NO5. The Bertz CT molecular complexity index is 463. The van der Waals surface area contributed by atoms with E-state index >= 15 is 0 Å². The van der Waals surface area contributed by atoms with Gasteiger partial charge in [-0.25, -0.2) is 0 Å². The van der Waals surface area contributed by atoms with E-state index in [2.05, 4.69) is 5.32 Å². The summed E-state index contributed by atoms with van der Waals surface area (Å²) in [5, 5.41) is 3.02. The summed E-state index contributed by atoms with van der Waals surface area (Å²) in [6.45, 7) is 0.992. The maximum absolute atomic E-state index is 12.2. The normalized spacial score (nSPS) is 22.4. The molecule has 23 heavy (non-hydrogen) atoms. The molecule has 0 radical (unpaired) electrons. The van der Waals surface area contributed by atoms with Gasteiger partial charge in [0.15, 0.2) is 12.6 Å². The molecule has 1 N–H and O–H groups in total. The Morgan fingerprint density at radius 2 is 2.00 bits per heavy atom. The standard InChI is InChI=1S/C17H25NO5/c1-20-15(21-2)11-16-22-10-6-9-14(12-23-16)18-17(19)13-7-4-3-5-8-13/h3-5,7-8,14-16H,6,9-12H2,1-2H3,(H,18,19)/t14-,16+/m0/s1. The summed E-state index contributed by atoms with van der Waals surface area (Å²) < 4.78 is 21.8. The minimum Gasteiger partial charge on any atom is -0.356 e. The molecule has 128 valence electrons. The van der Waals surface area contributed by atoms with Gasteiger partial charge < -0.3 is 24.3 Å². The van der Waals surface area contributed by atoms with Gasteiger partial charge in [-0.05, 0) is 25.0 Å². The fourth-order valence-corrected chi connectivity index (χ4v) is 2.45. The van der Waals surface area contributed by atoms with E-state index in [1.807, 2.05) is 18.2 Å². The lowest BCUT2D eigenvalue weighted by Gasteiger charge is -2.28. The number of benzene rings is 1. The van der Waals surface area contributed by atoms with Crippen molar-refractivity contribution in [1.29, 1.82) is 0 Å². The smallest absolute Gasteiger partial charge is 0.251 e. The van der Waals surface area contributed by atoms with Gasteiger partial charge >= 0.3 is 0 Å². The van der Waals surface area contributed by atoms with E-state index in [9.17, 15) is 4.79 Å². The van der Waals surface area contributed by atoms with Crippen LogP contribution in [0.25, 0.3) is 0 Å². The summed E-state index contributed by atoms with van der Waals surface area (Å²) in [4.78, 5) is 12.2. The molecule has 1 aromatic carbocycles. The zero-order valence-corrected chi connectivity index (χ0v) is 13.7. The van der Waals surface area contributed by atoms with E-state index in [0.29, 0.717) is 25.2 Å². The van der Waals surface area contributed by atoms with Crippen molar-refractivity contribution in [3.63, 3.8) is 0 Å². The fraction of sp³-hybridized carbons (Fsp3) is 0.588. The second-order valence-corrected chi connectivity index (χ2v) is 5.45. The predicted molar refractivity (Wildman–Crippen MR) is 85.0 cm³/mol. The number of rotatable bonds is 6. The van der Waals surface area contributed by atoms with Crippen LogP contribution in [0.15, 0.2) is 30.3 Å². The van der Waals surface area contributed by atoms with Crippen molar-refractivity contribution in [2.45, 2.75) is 37.9 Å². The van der Waals surface area contributed by atoms with Crippen LogP contribution in [-0.2, 0) is 18.9 Å². The maximum Gasteiger partial charge on any atom is 0.251 e. The molecule has 1 saturated heterocycles. The Labute approximate surface area is 137 Å². The summed E-state index contributed by atoms with van der Waals surface area (Å²) >= 11 is 0. The molecule has 0 saturated carbocycles. The number of methoxy groups -OCH3 is 2. The lowest BCUT2D eigenvalue weighted by Crippen LogP contribution is -2.41. The molecule has 2 atom stereocenters. The van der Waals surface area contributed by atoms with Crippen LogP contribution in [0, 0.1) is 0 Å². The van der Waals surface area contributed by atoms with Gasteiger partial charge in [0.05, 0.1) is 12.6 Å². The van der Waals surface area contributed by atoms with Gasteiger partial charge in [0, 0.05) is 32.8 Å². The van der Waals surface area contributed by atoms with E-state index in [0.717, 1.165) is 12.8 Å². The Morgan fingerprint density at radius 1 is 1.26 bits per heavy atom. The molecule has 0 spiro atoms. The van der Waals surface area contributed by atoms with Gasteiger partial charge in [0.1, 0.15) is 0 Å². The summed E-state index contributed by atoms with van der Waals surface area (Å²) in [5.41, 5.74) is 0.654. The topological polar surface area (TPSA) is 66.0 Å². The van der Waals surface area contributed by atoms with Crippen LogP contribution >= 0.6 is 0 Å². The summed E-state index contributed by atoms with van der Waals surface area (Å²) in [6.07, 6.45) is 1.42. The second kappa shape index (κ2) is 9.62. The van der Waals surface area contributed by atoms with Gasteiger partial charge in [-0.1, -0.05) is 18.2 Å². The van der Waals surface area contributed by atoms with Crippen LogP contribution in [0.1, 0.15) is 29.6 Å². The fourth-order valence-electron chi connectivity index (χ4n) is 2.45. The number of carbonyl (C=O) groups excluding carboxylic acids is 1. The van der Waals surface area contributed by atoms with E-state index < -0.39 is 6.29 Å². The highest BCUT2D eigenvalue weighted by atomic mass is 16.7. The summed E-state index contributed by atoms with van der Waals surface area (Å²) in [7, 11) is 3.17. The number of ether oxygens (including phenoxy) is 4. The van der Waals surface area contributed by atoms with Gasteiger partial charge in [-0.2, -0.15) is 0 Å². The van der Waals surface area contributed by atoms with Crippen molar-refractivity contribution >= 4 is 5.91 Å². The number of nitrogens with one attached hydrogen (secondary N) is 1. The van der Waals surface area contributed by atoms with Crippen LogP contribution in [0.4, 0.5) is 0 Å². The SMILES string of the molecule is COC(C[C@@H]1OCCC[C@H](NC(=O)c2ccccc2)CO1)OC. The molecule has 6 nitrogen and oxygen atoms in total. The summed E-state index contributed by atoms with van der Waals surface area (Å²) in [5.74, 6) is -0.0797. The first-order chi connectivity index (χ1) is 11.2. The molecule has 0 unspecified atom stereocenters. The largest absolute Gasteiger partial charge is 0.356 e. The van der Waals surface area contributed by atoms with Crippen LogP contribution in [0.5, 0.6) is 0 Å². The predicted octanol–water partition coefficient (Wildman–Crippen LogP) is 1.95. The third-order valence-corrected chi connectivity index (χ3v) is 3.77. The van der Waals surface area contributed by atoms with Crippen LogP contribution in [0.3, 0.4) is 0 Å². The van der Waals surface area contributed by atoms with Crippen LogP contribution in [0.2, 0.25) is 0 Å². The lowest BCUT2D eigenvalue weighted by atomic mass is 10.1. The number of hydrogen-bond acceptors (Lipinski definition) is 5. The van der Waals surface area contributed by atoms with Crippen LogP contribution in [-0.4, -0.2) is 52.0 Å². The van der Waals surface area contributed by atoms with Crippen molar-refractivity contribution in [3.05, 3.63) is 35.9 Å². The lowest BCUT2D eigenvalue weighted by molar-refractivity contribution is -0.205. The van der Waals surface area contributed by atoms with Gasteiger partial charge in [-0.3, -0.25) is 4.79 Å². The van der Waals surface area contributed by atoms with Gasteiger partial charge in [-0.15, -0.1) is 0 Å². The molecule has 1 aromatic rings. The first-order valence-electron chi connectivity index (χ1n) is 7.87. The minimum absolute atomic E-state index is 0.0300. The number of amides is 1. The monoisotopic (exact) mass is 323 g/mol. The highest BCUT2D eigenvalue weighted by molar-refractivity contribution is 5.94. The first kappa shape index (κ1) is 17.9. The molecule has 0 bridgehead atoms. The molecule has 0 aromatic heterocycles. The quantitative estimate of drug-likeness (QED) is 0.811. The minimum atomic E-state index is -0.392. The van der Waals surface area contributed by atoms with Crippen molar-refractivity contribution in [3.8, 4) is 0 Å². The van der Waals surface area contributed by atoms with E-state index in [1.165, 1.54) is 0 Å². The molecule has 6 heteroatoms. The molecule has 1 aliphatic rings. The van der Waals surface area contributed by atoms with Crippen molar-refractivity contribution < 1.29 is 23.7 Å². The summed E-state index contributed by atoms with van der Waals surface area (Å²) in [6, 6.07) is 9.16. The van der Waals surface area contributed by atoms with Gasteiger partial charge in [0.2, 0.25) is 0 Å². The second-order valence-electron chi connectivity index (χ2n) is 5.45. The van der Waals surface area contributed by atoms with E-state index in [-0.39, 0.29) is 18.2 Å². The van der Waals surface area contributed by atoms with Crippen molar-refractivity contribution in [2.24, 2.45) is 0 Å². The Morgan fingerprint density at radius 3 is 2.70 bits per heavy atom. The van der Waals surface area contributed by atoms with E-state index in [4.69, 9.17) is 18.9 Å². The van der Waals surface area contributed by atoms with Crippen LogP contribution < -0.4 is 5.32 Å². The highest BCUT2D eigenvalue weighted by Gasteiger charge is 2.22. The zero-order valence-electron chi connectivity index (χ0n) is 13.7. The Balaban J connectivity index is 1.85. The van der Waals surface area contributed by atoms with Gasteiger partial charge in [0.25, 0.3) is 5.91 Å². The Hall–Kier alpha value is -1.47. The zero-order chi connectivity index (χ0) is 16.5. The molecule has 1 heterocycles. The molecule has 1 fully saturated rings. The average Bonchev–Trinajstić information content (AvgIpc) is 2.58. The third kappa shape index (κ3) is 5.91. The molecular weight excluding hydrogens is 298 g/mol. The first-order valence-corrected chi connectivity index (χ1v) is 7.87. The molecule has 1 amide bonds. The molecule has 0 aliphatic carbocycles. The highest BCUT2D eigenvalue weighted by Crippen LogP contribution is 2.14. The molecule has 2 rings (SSSR count). The average molecular weight is 323 g/mol. The number of hydrogen-bond donors (Lipinski definition) is 1. The third-order valence-electron chi connectivity index (χ3n) is 3.77. The Kier molecular flexibility index (Phi) is 7.48. The maximum atomic E-state index is 12.2. The van der Waals surface area contributed by atoms with Crippen molar-refractivity contribution in [2.75, 3.05) is 27.4 Å². The molecule has 1 aliphatic heterocycles.